The van der Waals surface area contributed by atoms with E-state index in [1.807, 2.05) is 19.1 Å². The first-order chi connectivity index (χ1) is 10.0. The molecule has 4 N–H and O–H groups in total. The number of primary amides is 1. The van der Waals surface area contributed by atoms with Crippen molar-refractivity contribution in [1.82, 2.24) is 15.6 Å². The topological polar surface area (TPSA) is 102 Å². The first-order valence-electron chi connectivity index (χ1n) is 6.83. The van der Waals surface area contributed by atoms with Crippen LogP contribution in [0.3, 0.4) is 0 Å². The van der Waals surface area contributed by atoms with E-state index in [2.05, 4.69) is 20.6 Å². The van der Waals surface area contributed by atoms with Crippen LogP contribution in [-0.4, -0.2) is 36.9 Å². The second-order valence-corrected chi connectivity index (χ2v) is 4.61. The highest BCUT2D eigenvalue weighted by Gasteiger charge is 2.06. The highest BCUT2D eigenvalue weighted by molar-refractivity contribution is 5.95. The van der Waals surface area contributed by atoms with Crippen molar-refractivity contribution in [3.05, 3.63) is 29.6 Å². The lowest BCUT2D eigenvalue weighted by molar-refractivity contribution is 0.106. The highest BCUT2D eigenvalue weighted by atomic mass is 16.5. The van der Waals surface area contributed by atoms with Gasteiger partial charge >= 0.3 is 6.03 Å². The van der Waals surface area contributed by atoms with Gasteiger partial charge in [0.2, 0.25) is 5.96 Å². The van der Waals surface area contributed by atoms with Crippen molar-refractivity contribution < 1.29 is 9.53 Å². The van der Waals surface area contributed by atoms with Gasteiger partial charge in [-0.15, -0.1) is 0 Å². The van der Waals surface area contributed by atoms with Gasteiger partial charge < -0.3 is 15.8 Å². The Balaban J connectivity index is 2.49. The molecular weight excluding hydrogens is 270 g/mol. The number of ether oxygens (including phenoxy) is 1. The van der Waals surface area contributed by atoms with Gasteiger partial charge in [0, 0.05) is 25.5 Å². The minimum Gasteiger partial charge on any atom is -0.362 e. The van der Waals surface area contributed by atoms with Crippen molar-refractivity contribution in [1.29, 1.82) is 0 Å². The van der Waals surface area contributed by atoms with Gasteiger partial charge in [0.1, 0.15) is 6.23 Å². The number of nitrogens with zero attached hydrogens (tertiary/aromatic N) is 2. The number of nitrogens with two attached hydrogens (primary N) is 1. The number of hydrogen-bond acceptors (Lipinski definition) is 4. The maximum absolute atomic E-state index is 10.9. The lowest BCUT2D eigenvalue weighted by Gasteiger charge is -2.15. The largest absolute Gasteiger partial charge is 0.362 e. The van der Waals surface area contributed by atoms with E-state index in [0.29, 0.717) is 12.5 Å². The third-order valence-corrected chi connectivity index (χ3v) is 2.89. The van der Waals surface area contributed by atoms with Crippen LogP contribution in [0, 0.1) is 6.92 Å². The van der Waals surface area contributed by atoms with Crippen molar-refractivity contribution in [2.24, 2.45) is 10.7 Å². The molecule has 0 aromatic carbocycles. The lowest BCUT2D eigenvalue weighted by Crippen LogP contribution is -2.47. The summed E-state index contributed by atoms with van der Waals surface area (Å²) in [6.07, 6.45) is 3.17. The van der Waals surface area contributed by atoms with Crippen LogP contribution in [0.5, 0.6) is 0 Å². The first kappa shape index (κ1) is 16.9. The second kappa shape index (κ2) is 8.91. The Labute approximate surface area is 125 Å². The molecular formula is C14H23N5O2. The summed E-state index contributed by atoms with van der Waals surface area (Å²) >= 11 is 0. The lowest BCUT2D eigenvalue weighted by atomic mass is 10.1. The average Bonchev–Trinajstić information content (AvgIpc) is 2.44. The summed E-state index contributed by atoms with van der Waals surface area (Å²) in [5.74, 6) is 0.314. The number of methoxy groups -OCH3 is 1. The van der Waals surface area contributed by atoms with Gasteiger partial charge in [0.25, 0.3) is 0 Å². The van der Waals surface area contributed by atoms with Gasteiger partial charge in [-0.2, -0.15) is 0 Å². The summed E-state index contributed by atoms with van der Waals surface area (Å²) in [4.78, 5) is 19.5. The van der Waals surface area contributed by atoms with E-state index in [1.165, 1.54) is 5.56 Å². The van der Waals surface area contributed by atoms with Gasteiger partial charge in [0.15, 0.2) is 0 Å². The number of pyridine rings is 1. The average molecular weight is 293 g/mol. The van der Waals surface area contributed by atoms with Crippen molar-refractivity contribution >= 4 is 12.0 Å². The zero-order valence-electron chi connectivity index (χ0n) is 12.7. The van der Waals surface area contributed by atoms with Gasteiger partial charge in [0.05, 0.1) is 0 Å². The van der Waals surface area contributed by atoms with E-state index in [9.17, 15) is 4.79 Å². The van der Waals surface area contributed by atoms with Gasteiger partial charge in [-0.1, -0.05) is 6.07 Å². The number of hydrogen-bond donors (Lipinski definition) is 3. The van der Waals surface area contributed by atoms with Crippen LogP contribution >= 0.6 is 0 Å². The number of aryl methyl sites for hydroxylation is 2. The first-order valence-corrected chi connectivity index (χ1v) is 6.83. The molecule has 0 saturated heterocycles. The number of aromatic nitrogens is 1. The molecule has 1 atom stereocenters. The number of guanidine groups is 1. The van der Waals surface area contributed by atoms with Crippen LogP contribution in [0.2, 0.25) is 0 Å². The summed E-state index contributed by atoms with van der Waals surface area (Å²) in [5.41, 5.74) is 7.34. The molecule has 0 spiro atoms. The molecule has 0 saturated carbocycles. The van der Waals surface area contributed by atoms with E-state index in [4.69, 9.17) is 10.5 Å². The molecule has 21 heavy (non-hydrogen) atoms. The van der Waals surface area contributed by atoms with Gasteiger partial charge in [-0.3, -0.25) is 15.3 Å². The smallest absolute Gasteiger partial charge is 0.318 e. The van der Waals surface area contributed by atoms with Crippen molar-refractivity contribution in [3.8, 4) is 0 Å². The Morgan fingerprint density at radius 3 is 2.95 bits per heavy atom. The van der Waals surface area contributed by atoms with E-state index in [0.717, 1.165) is 18.5 Å². The molecule has 1 rings (SSSR count). The number of nitrogens with one attached hydrogen (secondary N) is 2. The number of aliphatic imine (C=N–C) groups is 1. The van der Waals surface area contributed by atoms with Crippen LogP contribution in [-0.2, 0) is 11.2 Å². The van der Waals surface area contributed by atoms with Crippen LogP contribution < -0.4 is 16.4 Å². The highest BCUT2D eigenvalue weighted by Crippen LogP contribution is 2.05. The number of carbonyl (C=O) groups excluding carboxylic acids is 1. The predicted molar refractivity (Wildman–Crippen MR) is 81.9 cm³/mol. The third-order valence-electron chi connectivity index (χ3n) is 2.89. The summed E-state index contributed by atoms with van der Waals surface area (Å²) in [7, 11) is 1.56. The minimum atomic E-state index is -0.662. The quantitative estimate of drug-likeness (QED) is 0.314. The molecule has 1 aromatic rings. The normalized spacial score (nSPS) is 12.8. The van der Waals surface area contributed by atoms with E-state index in [1.54, 1.807) is 20.2 Å². The van der Waals surface area contributed by atoms with Crippen molar-refractivity contribution in [2.75, 3.05) is 13.7 Å². The standard InChI is InChI=1S/C14H23N5O2/c1-10-6-4-8-16-12(10)7-5-9-17-14(19-13(15)20)18-11(2)21-3/h4,6,8,11H,5,7,9H2,1-3H3,(H4,15,17,18,19,20). The number of rotatable bonds is 6. The maximum Gasteiger partial charge on any atom is 0.318 e. The molecule has 2 amide bonds. The Morgan fingerprint density at radius 1 is 1.57 bits per heavy atom. The zero-order chi connectivity index (χ0) is 15.7. The minimum absolute atomic E-state index is 0.270. The number of amides is 2. The summed E-state index contributed by atoms with van der Waals surface area (Å²) < 4.78 is 5.06. The van der Waals surface area contributed by atoms with Crippen LogP contribution in [0.15, 0.2) is 23.3 Å². The van der Waals surface area contributed by atoms with Crippen molar-refractivity contribution in [3.63, 3.8) is 0 Å². The summed E-state index contributed by atoms with van der Waals surface area (Å²) in [5, 5.41) is 5.35. The van der Waals surface area contributed by atoms with Crippen LogP contribution in [0.4, 0.5) is 4.79 Å². The van der Waals surface area contributed by atoms with Crippen LogP contribution in [0.25, 0.3) is 0 Å². The summed E-state index contributed by atoms with van der Waals surface area (Å²) in [6.45, 7) is 4.39. The predicted octanol–water partition coefficient (Wildman–Crippen LogP) is 0.929. The van der Waals surface area contributed by atoms with E-state index in [-0.39, 0.29) is 6.23 Å². The molecule has 7 nitrogen and oxygen atoms in total. The fraction of sp³-hybridized carbons (Fsp3) is 0.500. The summed E-state index contributed by atoms with van der Waals surface area (Å²) in [6, 6.07) is 3.29. The molecule has 7 heteroatoms. The number of urea groups is 1. The Hall–Kier alpha value is -2.15. The van der Waals surface area contributed by atoms with Crippen LogP contribution in [0.1, 0.15) is 24.6 Å². The molecule has 1 unspecified atom stereocenters. The fourth-order valence-corrected chi connectivity index (χ4v) is 1.71. The maximum atomic E-state index is 10.9. The van der Waals surface area contributed by atoms with E-state index >= 15 is 0 Å². The molecule has 0 fully saturated rings. The SMILES string of the molecule is COC(C)NC(=NCCCc1ncccc1C)NC(N)=O. The molecule has 116 valence electrons. The zero-order valence-corrected chi connectivity index (χ0v) is 12.7. The molecule has 0 aliphatic heterocycles. The van der Waals surface area contributed by atoms with Crippen molar-refractivity contribution in [2.45, 2.75) is 32.9 Å². The molecule has 0 bridgehead atoms. The monoisotopic (exact) mass is 293 g/mol. The molecule has 1 aromatic heterocycles. The molecule has 0 aliphatic rings. The fourth-order valence-electron chi connectivity index (χ4n) is 1.71. The number of carbonyl (C=O) groups is 1. The molecule has 0 radical (unpaired) electrons. The second-order valence-electron chi connectivity index (χ2n) is 4.61. The van der Waals surface area contributed by atoms with E-state index < -0.39 is 6.03 Å². The van der Waals surface area contributed by atoms with Gasteiger partial charge in [-0.05, 0) is 38.3 Å². The third kappa shape index (κ3) is 6.71. The Morgan fingerprint density at radius 2 is 2.33 bits per heavy atom. The van der Waals surface area contributed by atoms with Gasteiger partial charge in [-0.25, -0.2) is 4.79 Å². The molecule has 1 heterocycles. The molecule has 0 aliphatic carbocycles. The Bertz CT molecular complexity index is 490. The Kier molecular flexibility index (Phi) is 7.17.